The first-order valence-electron chi connectivity index (χ1n) is 16.4. The van der Waals surface area contributed by atoms with Crippen LogP contribution in [-0.4, -0.2) is 39.6 Å². The van der Waals surface area contributed by atoms with Crippen LogP contribution in [0.15, 0.2) is 109 Å². The molecular formula is C39H48O6. The van der Waals surface area contributed by atoms with Crippen LogP contribution in [0.25, 0.3) is 0 Å². The lowest BCUT2D eigenvalue weighted by Gasteiger charge is -2.10. The van der Waals surface area contributed by atoms with Crippen LogP contribution in [-0.2, 0) is 0 Å². The molecule has 0 radical (unpaired) electrons. The Hall–Kier alpha value is -4.32. The maximum Gasteiger partial charge on any atom is 0.119 e. The van der Waals surface area contributed by atoms with Crippen molar-refractivity contribution < 1.29 is 28.4 Å². The van der Waals surface area contributed by atoms with Crippen molar-refractivity contribution in [1.29, 1.82) is 0 Å². The fraction of sp³-hybridized carbons (Fsp3) is 0.385. The molecule has 6 nitrogen and oxygen atoms in total. The van der Waals surface area contributed by atoms with Crippen LogP contribution in [0.4, 0.5) is 0 Å². The Kier molecular flexibility index (Phi) is 16.0. The summed E-state index contributed by atoms with van der Waals surface area (Å²) in [5, 5.41) is 0. The van der Waals surface area contributed by atoms with Gasteiger partial charge in [-0.2, -0.15) is 0 Å². The Morgan fingerprint density at radius 1 is 0.222 bits per heavy atom. The molecule has 45 heavy (non-hydrogen) atoms. The minimum atomic E-state index is 0.692. The lowest BCUT2D eigenvalue weighted by molar-refractivity contribution is 0.274. The van der Waals surface area contributed by atoms with E-state index in [1.54, 1.807) is 0 Å². The Morgan fingerprint density at radius 2 is 0.422 bits per heavy atom. The van der Waals surface area contributed by atoms with E-state index in [4.69, 9.17) is 28.4 Å². The van der Waals surface area contributed by atoms with Gasteiger partial charge in [0.05, 0.1) is 39.6 Å². The molecule has 4 aromatic rings. The quantitative estimate of drug-likeness (QED) is 0.0735. The molecule has 240 valence electrons. The van der Waals surface area contributed by atoms with Crippen LogP contribution >= 0.6 is 0 Å². The van der Waals surface area contributed by atoms with Gasteiger partial charge in [0.1, 0.15) is 34.5 Å². The van der Waals surface area contributed by atoms with E-state index in [2.05, 4.69) is 0 Å². The maximum absolute atomic E-state index is 5.89. The normalized spacial score (nSPS) is 10.7. The van der Waals surface area contributed by atoms with Gasteiger partial charge in [-0.05, 0) is 131 Å². The molecule has 0 spiro atoms. The Labute approximate surface area is 269 Å². The van der Waals surface area contributed by atoms with Crippen molar-refractivity contribution in [2.45, 2.75) is 57.8 Å². The van der Waals surface area contributed by atoms with Crippen LogP contribution in [0.3, 0.4) is 0 Å². The number of hydrogen-bond donors (Lipinski definition) is 0. The van der Waals surface area contributed by atoms with E-state index in [1.165, 1.54) is 0 Å². The minimum absolute atomic E-state index is 0.692. The number of benzene rings is 4. The molecule has 0 saturated carbocycles. The summed E-state index contributed by atoms with van der Waals surface area (Å²) in [5.41, 5.74) is 0. The van der Waals surface area contributed by atoms with Crippen LogP contribution < -0.4 is 28.4 Å². The van der Waals surface area contributed by atoms with Crippen LogP contribution in [0.5, 0.6) is 34.5 Å². The fourth-order valence-corrected chi connectivity index (χ4v) is 4.58. The molecule has 0 fully saturated rings. The third-order valence-corrected chi connectivity index (χ3v) is 7.11. The average molecular weight is 613 g/mol. The second kappa shape index (κ2) is 21.4. The summed E-state index contributed by atoms with van der Waals surface area (Å²) >= 11 is 0. The first-order chi connectivity index (χ1) is 22.3. The van der Waals surface area contributed by atoms with E-state index in [1.807, 2.05) is 109 Å². The smallest absolute Gasteiger partial charge is 0.119 e. The number of ether oxygens (including phenoxy) is 6. The molecule has 0 N–H and O–H groups in total. The third kappa shape index (κ3) is 14.8. The number of para-hydroxylation sites is 2. The molecule has 0 aromatic heterocycles. The van der Waals surface area contributed by atoms with Gasteiger partial charge in [0.25, 0.3) is 0 Å². The van der Waals surface area contributed by atoms with Gasteiger partial charge in [0, 0.05) is 0 Å². The van der Waals surface area contributed by atoms with E-state index in [0.29, 0.717) is 26.4 Å². The molecule has 0 heterocycles. The summed E-state index contributed by atoms with van der Waals surface area (Å²) in [4.78, 5) is 0. The summed E-state index contributed by atoms with van der Waals surface area (Å²) in [7, 11) is 0. The van der Waals surface area contributed by atoms with Crippen molar-refractivity contribution in [3.8, 4) is 34.5 Å². The van der Waals surface area contributed by atoms with Gasteiger partial charge in [0.15, 0.2) is 0 Å². The monoisotopic (exact) mass is 612 g/mol. The van der Waals surface area contributed by atoms with E-state index < -0.39 is 0 Å². The number of hydrogen-bond acceptors (Lipinski definition) is 6. The molecule has 6 heteroatoms. The van der Waals surface area contributed by atoms with Gasteiger partial charge in [-0.1, -0.05) is 36.4 Å². The van der Waals surface area contributed by atoms with Gasteiger partial charge < -0.3 is 28.4 Å². The first-order valence-corrected chi connectivity index (χ1v) is 16.4. The lowest BCUT2D eigenvalue weighted by Crippen LogP contribution is -2.02. The second-order valence-electron chi connectivity index (χ2n) is 10.8. The molecule has 0 aliphatic rings. The highest BCUT2D eigenvalue weighted by Gasteiger charge is 2.01. The van der Waals surface area contributed by atoms with Crippen LogP contribution in [0.2, 0.25) is 0 Å². The van der Waals surface area contributed by atoms with E-state index in [0.717, 1.165) is 105 Å². The van der Waals surface area contributed by atoms with Gasteiger partial charge >= 0.3 is 0 Å². The summed E-state index contributed by atoms with van der Waals surface area (Å²) in [6, 6.07) is 35.7. The predicted molar refractivity (Wildman–Crippen MR) is 180 cm³/mol. The number of rotatable bonds is 24. The van der Waals surface area contributed by atoms with Crippen LogP contribution in [0.1, 0.15) is 57.8 Å². The SMILES string of the molecule is c1ccc(OCCCCCOc2ccc(OCCCCCOc3ccc(OCCCCCOc4ccccc4)cc3)cc2)cc1. The summed E-state index contributed by atoms with van der Waals surface area (Å²) in [6.07, 6.45) is 9.24. The molecular weight excluding hydrogens is 564 g/mol. The zero-order valence-corrected chi connectivity index (χ0v) is 26.4. The predicted octanol–water partition coefficient (Wildman–Crippen LogP) is 9.57. The van der Waals surface area contributed by atoms with Crippen molar-refractivity contribution in [2.24, 2.45) is 0 Å². The van der Waals surface area contributed by atoms with Crippen molar-refractivity contribution >= 4 is 0 Å². The lowest BCUT2D eigenvalue weighted by atomic mass is 10.2. The molecule has 0 unspecified atom stereocenters. The molecule has 0 bridgehead atoms. The largest absolute Gasteiger partial charge is 0.494 e. The van der Waals surface area contributed by atoms with Gasteiger partial charge in [-0.25, -0.2) is 0 Å². The minimum Gasteiger partial charge on any atom is -0.494 e. The van der Waals surface area contributed by atoms with Gasteiger partial charge in [-0.15, -0.1) is 0 Å². The van der Waals surface area contributed by atoms with E-state index in [-0.39, 0.29) is 0 Å². The summed E-state index contributed by atoms with van der Waals surface area (Å²) < 4.78 is 35.0. The third-order valence-electron chi connectivity index (χ3n) is 7.11. The first kappa shape index (κ1) is 33.6. The second-order valence-corrected chi connectivity index (χ2v) is 10.8. The maximum atomic E-state index is 5.89. The molecule has 0 aliphatic heterocycles. The summed E-state index contributed by atoms with van der Waals surface area (Å²) in [5.74, 6) is 5.35. The molecule has 0 saturated heterocycles. The highest BCUT2D eigenvalue weighted by molar-refractivity contribution is 5.32. The molecule has 0 aliphatic carbocycles. The molecule has 4 aromatic carbocycles. The zero-order valence-electron chi connectivity index (χ0n) is 26.4. The fourth-order valence-electron chi connectivity index (χ4n) is 4.58. The molecule has 4 rings (SSSR count). The summed E-state index contributed by atoms with van der Waals surface area (Å²) in [6.45, 7) is 4.27. The highest BCUT2D eigenvalue weighted by atomic mass is 16.5. The standard InChI is InChI=1S/C39H48O6/c1-6-16-34(17-7-1)40-28-10-3-12-30-42-36-20-24-38(25-21-36)44-32-14-5-15-33-45-39-26-22-37(23-27-39)43-31-13-4-11-29-41-35-18-8-2-9-19-35/h1-2,6-9,16-27H,3-5,10-15,28-33H2. The topological polar surface area (TPSA) is 55.4 Å². The van der Waals surface area contributed by atoms with Crippen LogP contribution in [0, 0.1) is 0 Å². The number of unbranched alkanes of at least 4 members (excludes halogenated alkanes) is 6. The van der Waals surface area contributed by atoms with Gasteiger partial charge in [0.2, 0.25) is 0 Å². The Balaban J connectivity index is 0.931. The van der Waals surface area contributed by atoms with Crippen molar-refractivity contribution in [2.75, 3.05) is 39.6 Å². The van der Waals surface area contributed by atoms with Crippen molar-refractivity contribution in [3.05, 3.63) is 109 Å². The Bertz CT molecular complexity index is 1160. The molecule has 0 amide bonds. The van der Waals surface area contributed by atoms with E-state index >= 15 is 0 Å². The van der Waals surface area contributed by atoms with E-state index in [9.17, 15) is 0 Å². The van der Waals surface area contributed by atoms with Crippen molar-refractivity contribution in [3.63, 3.8) is 0 Å². The average Bonchev–Trinajstić information content (AvgIpc) is 3.09. The zero-order chi connectivity index (χ0) is 31.0. The highest BCUT2D eigenvalue weighted by Crippen LogP contribution is 2.20. The van der Waals surface area contributed by atoms with Crippen molar-refractivity contribution in [1.82, 2.24) is 0 Å². The Morgan fingerprint density at radius 3 is 0.644 bits per heavy atom. The molecule has 0 atom stereocenters. The van der Waals surface area contributed by atoms with Gasteiger partial charge in [-0.3, -0.25) is 0 Å².